The zero-order valence-electron chi connectivity index (χ0n) is 16.9. The van der Waals surface area contributed by atoms with Crippen molar-refractivity contribution in [2.75, 3.05) is 6.54 Å². The first-order valence-corrected chi connectivity index (χ1v) is 10.5. The largest absolute Gasteiger partial charge is 0.486 e. The summed E-state index contributed by atoms with van der Waals surface area (Å²) in [5.41, 5.74) is 2.34. The molecule has 0 saturated carbocycles. The SMILES string of the molecule is Cc1ccc(OCc2nc(CN(CC(C)C)C(=O)c3cccc(F)c3)cs2)cc1. The van der Waals surface area contributed by atoms with Gasteiger partial charge in [-0.3, -0.25) is 4.79 Å². The molecule has 0 spiro atoms. The number of hydrogen-bond acceptors (Lipinski definition) is 4. The van der Waals surface area contributed by atoms with E-state index in [2.05, 4.69) is 4.98 Å². The van der Waals surface area contributed by atoms with Crippen LogP contribution in [0.15, 0.2) is 53.9 Å². The van der Waals surface area contributed by atoms with Crippen molar-refractivity contribution in [1.82, 2.24) is 9.88 Å². The van der Waals surface area contributed by atoms with Crippen LogP contribution in [0.4, 0.5) is 4.39 Å². The van der Waals surface area contributed by atoms with Crippen molar-refractivity contribution < 1.29 is 13.9 Å². The van der Waals surface area contributed by atoms with Crippen LogP contribution in [0.1, 0.15) is 40.5 Å². The van der Waals surface area contributed by atoms with Crippen LogP contribution in [-0.2, 0) is 13.2 Å². The van der Waals surface area contributed by atoms with Crippen molar-refractivity contribution in [2.45, 2.75) is 33.9 Å². The normalized spacial score (nSPS) is 10.9. The molecule has 3 aromatic rings. The van der Waals surface area contributed by atoms with Crippen LogP contribution in [0.25, 0.3) is 0 Å². The van der Waals surface area contributed by atoms with E-state index in [0.717, 1.165) is 16.5 Å². The van der Waals surface area contributed by atoms with Gasteiger partial charge in [0, 0.05) is 17.5 Å². The first kappa shape index (κ1) is 21.0. The first-order chi connectivity index (χ1) is 13.9. The number of aryl methyl sites for hydroxylation is 1. The third kappa shape index (κ3) is 6.12. The molecule has 6 heteroatoms. The summed E-state index contributed by atoms with van der Waals surface area (Å²) in [7, 11) is 0. The number of aromatic nitrogens is 1. The number of thiazole rings is 1. The topological polar surface area (TPSA) is 42.4 Å². The zero-order valence-corrected chi connectivity index (χ0v) is 17.7. The fraction of sp³-hybridized carbons (Fsp3) is 0.304. The molecule has 1 amide bonds. The van der Waals surface area contributed by atoms with E-state index in [1.807, 2.05) is 50.4 Å². The zero-order chi connectivity index (χ0) is 20.8. The summed E-state index contributed by atoms with van der Waals surface area (Å²) in [5, 5.41) is 2.79. The molecule has 0 aliphatic carbocycles. The molecule has 1 heterocycles. The van der Waals surface area contributed by atoms with Crippen molar-refractivity contribution in [3.63, 3.8) is 0 Å². The van der Waals surface area contributed by atoms with Gasteiger partial charge < -0.3 is 9.64 Å². The monoisotopic (exact) mass is 412 g/mol. The van der Waals surface area contributed by atoms with E-state index in [0.29, 0.717) is 25.3 Å². The van der Waals surface area contributed by atoms with Crippen LogP contribution in [-0.4, -0.2) is 22.3 Å². The van der Waals surface area contributed by atoms with Gasteiger partial charge in [0.05, 0.1) is 12.2 Å². The third-order valence-corrected chi connectivity index (χ3v) is 5.15. The molecule has 0 atom stereocenters. The van der Waals surface area contributed by atoms with E-state index in [1.54, 1.807) is 17.0 Å². The van der Waals surface area contributed by atoms with E-state index >= 15 is 0 Å². The maximum absolute atomic E-state index is 13.5. The summed E-state index contributed by atoms with van der Waals surface area (Å²) in [6, 6.07) is 13.7. The van der Waals surface area contributed by atoms with E-state index in [9.17, 15) is 9.18 Å². The molecule has 3 rings (SSSR count). The summed E-state index contributed by atoms with van der Waals surface area (Å²) in [5.74, 6) is 0.485. The van der Waals surface area contributed by atoms with E-state index in [-0.39, 0.29) is 11.8 Å². The van der Waals surface area contributed by atoms with Crippen LogP contribution < -0.4 is 4.74 Å². The minimum Gasteiger partial charge on any atom is -0.486 e. The van der Waals surface area contributed by atoms with Crippen molar-refractivity contribution >= 4 is 17.2 Å². The van der Waals surface area contributed by atoms with E-state index in [1.165, 1.54) is 29.0 Å². The lowest BCUT2D eigenvalue weighted by Gasteiger charge is -2.24. The van der Waals surface area contributed by atoms with E-state index in [4.69, 9.17) is 4.74 Å². The Morgan fingerprint density at radius 1 is 1.21 bits per heavy atom. The number of nitrogens with zero attached hydrogens (tertiary/aromatic N) is 2. The lowest BCUT2D eigenvalue weighted by Crippen LogP contribution is -2.34. The molecule has 0 bridgehead atoms. The fourth-order valence-corrected chi connectivity index (χ4v) is 3.62. The van der Waals surface area contributed by atoms with Gasteiger partial charge in [0.2, 0.25) is 0 Å². The molecule has 0 saturated heterocycles. The van der Waals surface area contributed by atoms with Gasteiger partial charge in [-0.25, -0.2) is 9.37 Å². The maximum Gasteiger partial charge on any atom is 0.254 e. The second-order valence-corrected chi connectivity index (χ2v) is 8.37. The first-order valence-electron chi connectivity index (χ1n) is 9.58. The number of amides is 1. The molecule has 0 radical (unpaired) electrons. The molecule has 29 heavy (non-hydrogen) atoms. The predicted octanol–water partition coefficient (Wildman–Crippen LogP) is 5.47. The van der Waals surface area contributed by atoms with Gasteiger partial charge >= 0.3 is 0 Å². The van der Waals surface area contributed by atoms with Crippen LogP contribution in [0.2, 0.25) is 0 Å². The Bertz CT molecular complexity index is 954. The summed E-state index contributed by atoms with van der Waals surface area (Å²) < 4.78 is 19.3. The van der Waals surface area contributed by atoms with Crippen molar-refractivity contribution in [2.24, 2.45) is 5.92 Å². The van der Waals surface area contributed by atoms with Gasteiger partial charge in [0.15, 0.2) is 0 Å². The van der Waals surface area contributed by atoms with Crippen LogP contribution in [0.3, 0.4) is 0 Å². The Morgan fingerprint density at radius 3 is 2.66 bits per heavy atom. The highest BCUT2D eigenvalue weighted by molar-refractivity contribution is 7.09. The van der Waals surface area contributed by atoms with E-state index < -0.39 is 5.82 Å². The van der Waals surface area contributed by atoms with Gasteiger partial charge in [-0.05, 0) is 43.2 Å². The predicted molar refractivity (Wildman–Crippen MR) is 114 cm³/mol. The Morgan fingerprint density at radius 2 is 1.97 bits per heavy atom. The minimum atomic E-state index is -0.412. The van der Waals surface area contributed by atoms with Crippen LogP contribution in [0.5, 0.6) is 5.75 Å². The molecule has 0 aliphatic heterocycles. The molecule has 0 fully saturated rings. The Hall–Kier alpha value is -2.73. The highest BCUT2D eigenvalue weighted by Crippen LogP contribution is 2.18. The summed E-state index contributed by atoms with van der Waals surface area (Å²) >= 11 is 1.51. The van der Waals surface area contributed by atoms with Crippen molar-refractivity contribution in [1.29, 1.82) is 0 Å². The van der Waals surface area contributed by atoms with Crippen molar-refractivity contribution in [3.8, 4) is 5.75 Å². The molecule has 1 aromatic heterocycles. The lowest BCUT2D eigenvalue weighted by atomic mass is 10.1. The number of halogens is 1. The molecule has 2 aromatic carbocycles. The molecular weight excluding hydrogens is 387 g/mol. The molecule has 0 N–H and O–H groups in total. The average molecular weight is 413 g/mol. The molecule has 152 valence electrons. The highest BCUT2D eigenvalue weighted by atomic mass is 32.1. The molecule has 4 nitrogen and oxygen atoms in total. The van der Waals surface area contributed by atoms with Gasteiger partial charge in [-0.1, -0.05) is 37.6 Å². The number of carbonyl (C=O) groups excluding carboxylic acids is 1. The quantitative estimate of drug-likeness (QED) is 0.493. The second kappa shape index (κ2) is 9.65. The Labute approximate surface area is 175 Å². The smallest absolute Gasteiger partial charge is 0.254 e. The summed E-state index contributed by atoms with van der Waals surface area (Å²) in [6.45, 7) is 7.47. The number of benzene rings is 2. The highest BCUT2D eigenvalue weighted by Gasteiger charge is 2.19. The number of rotatable bonds is 8. The number of hydrogen-bond donors (Lipinski definition) is 0. The average Bonchev–Trinajstić information content (AvgIpc) is 3.13. The summed E-state index contributed by atoms with van der Waals surface area (Å²) in [6.07, 6.45) is 0. The maximum atomic E-state index is 13.5. The minimum absolute atomic E-state index is 0.191. The lowest BCUT2D eigenvalue weighted by molar-refractivity contribution is 0.0720. The van der Waals surface area contributed by atoms with Crippen LogP contribution >= 0.6 is 11.3 Å². The Balaban J connectivity index is 1.66. The van der Waals surface area contributed by atoms with Gasteiger partial charge in [0.25, 0.3) is 5.91 Å². The number of carbonyl (C=O) groups is 1. The standard InChI is InChI=1S/C23H25FN2O2S/c1-16(2)12-26(23(27)18-5-4-6-19(24)11-18)13-20-15-29-22(25-20)14-28-21-9-7-17(3)8-10-21/h4-11,15-16H,12-14H2,1-3H3. The van der Waals surface area contributed by atoms with Gasteiger partial charge in [0.1, 0.15) is 23.2 Å². The second-order valence-electron chi connectivity index (χ2n) is 7.42. The van der Waals surface area contributed by atoms with Crippen molar-refractivity contribution in [3.05, 3.63) is 81.6 Å². The molecule has 0 unspecified atom stereocenters. The molecule has 0 aliphatic rings. The fourth-order valence-electron chi connectivity index (χ4n) is 2.93. The Kier molecular flexibility index (Phi) is 6.99. The number of ether oxygens (including phenoxy) is 1. The van der Waals surface area contributed by atoms with Crippen LogP contribution in [0, 0.1) is 18.7 Å². The molecular formula is C23H25FN2O2S. The van der Waals surface area contributed by atoms with Gasteiger partial charge in [-0.15, -0.1) is 11.3 Å². The van der Waals surface area contributed by atoms with Gasteiger partial charge in [-0.2, -0.15) is 0 Å². The summed E-state index contributed by atoms with van der Waals surface area (Å²) in [4.78, 5) is 19.2. The third-order valence-electron chi connectivity index (χ3n) is 4.28.